The number of hydrogen-bond donors (Lipinski definition) is 3. The van der Waals surface area contributed by atoms with Crippen molar-refractivity contribution in [1.29, 1.82) is 0 Å². The molecule has 0 spiro atoms. The van der Waals surface area contributed by atoms with Gasteiger partial charge < -0.3 is 20.5 Å². The normalized spacial score (nSPS) is 13.2. The molecule has 8 heteroatoms. The van der Waals surface area contributed by atoms with Gasteiger partial charge in [-0.1, -0.05) is 62.4 Å². The number of carbonyl (C=O) groups is 3. The van der Waals surface area contributed by atoms with E-state index >= 15 is 0 Å². The molecule has 33 heavy (non-hydrogen) atoms. The summed E-state index contributed by atoms with van der Waals surface area (Å²) in [5.41, 5.74) is 4.69. The molecule has 176 valence electrons. The Balaban J connectivity index is 1.37. The second kappa shape index (κ2) is 11.7. The SMILES string of the molecule is CC(C)[C@@H](CC(=O)O)NC(=O)CSCCNC(=O)OCC1c2ccccc2-c2ccccc21. The molecule has 3 N–H and O–H groups in total. The van der Waals surface area contributed by atoms with Crippen molar-refractivity contribution >= 4 is 29.7 Å². The zero-order chi connectivity index (χ0) is 23.8. The first-order valence-corrected chi connectivity index (χ1v) is 12.2. The molecule has 0 fully saturated rings. The van der Waals surface area contributed by atoms with Crippen LogP contribution in [-0.2, 0) is 14.3 Å². The van der Waals surface area contributed by atoms with Gasteiger partial charge in [-0.15, -0.1) is 0 Å². The molecule has 2 aromatic rings. The molecule has 0 saturated carbocycles. The van der Waals surface area contributed by atoms with Gasteiger partial charge in [-0.2, -0.15) is 11.8 Å². The van der Waals surface area contributed by atoms with Crippen LogP contribution >= 0.6 is 11.8 Å². The van der Waals surface area contributed by atoms with Gasteiger partial charge in [0.15, 0.2) is 0 Å². The monoisotopic (exact) mass is 470 g/mol. The van der Waals surface area contributed by atoms with Gasteiger partial charge in [0.1, 0.15) is 6.61 Å². The van der Waals surface area contributed by atoms with Crippen molar-refractivity contribution in [3.63, 3.8) is 0 Å². The molecule has 0 unspecified atom stereocenters. The Morgan fingerprint density at radius 2 is 1.64 bits per heavy atom. The second-order valence-electron chi connectivity index (χ2n) is 8.32. The summed E-state index contributed by atoms with van der Waals surface area (Å²) in [5, 5.41) is 14.4. The van der Waals surface area contributed by atoms with E-state index in [1.807, 2.05) is 38.1 Å². The van der Waals surface area contributed by atoms with Gasteiger partial charge >= 0.3 is 12.1 Å². The maximum absolute atomic E-state index is 12.2. The van der Waals surface area contributed by atoms with Crippen LogP contribution in [0.4, 0.5) is 4.79 Å². The highest BCUT2D eigenvalue weighted by Gasteiger charge is 2.29. The number of carboxylic acids is 1. The highest BCUT2D eigenvalue weighted by atomic mass is 32.2. The van der Waals surface area contributed by atoms with Gasteiger partial charge in [-0.05, 0) is 28.2 Å². The topological polar surface area (TPSA) is 105 Å². The number of rotatable bonds is 11. The molecule has 1 atom stereocenters. The summed E-state index contributed by atoms with van der Waals surface area (Å²) >= 11 is 1.37. The summed E-state index contributed by atoms with van der Waals surface area (Å²) in [6.07, 6.45) is -0.583. The molecule has 0 heterocycles. The maximum Gasteiger partial charge on any atom is 0.407 e. The fraction of sp³-hybridized carbons (Fsp3) is 0.400. The first kappa shape index (κ1) is 24.6. The lowest BCUT2D eigenvalue weighted by Gasteiger charge is -2.20. The highest BCUT2D eigenvalue weighted by Crippen LogP contribution is 2.44. The van der Waals surface area contributed by atoms with Gasteiger partial charge in [0.2, 0.25) is 5.91 Å². The Bertz CT molecular complexity index is 949. The summed E-state index contributed by atoms with van der Waals surface area (Å²) in [6.45, 7) is 4.38. The summed E-state index contributed by atoms with van der Waals surface area (Å²) in [6, 6.07) is 15.9. The molecule has 0 radical (unpaired) electrons. The van der Waals surface area contributed by atoms with Crippen molar-refractivity contribution in [3.05, 3.63) is 59.7 Å². The molecule has 2 amide bonds. The van der Waals surface area contributed by atoms with Crippen LogP contribution in [0.15, 0.2) is 48.5 Å². The number of hydrogen-bond acceptors (Lipinski definition) is 5. The standard InChI is InChI=1S/C25H30N2O5S/c1-16(2)22(13-24(29)30)27-23(28)15-33-12-11-26-25(31)32-14-21-19-9-5-3-7-17(19)18-8-4-6-10-20(18)21/h3-10,16,21-22H,11-15H2,1-2H3,(H,26,31)(H,27,28)(H,29,30)/t22-/m1/s1. The van der Waals surface area contributed by atoms with E-state index in [1.165, 1.54) is 22.9 Å². The van der Waals surface area contributed by atoms with Crippen LogP contribution < -0.4 is 10.6 Å². The largest absolute Gasteiger partial charge is 0.481 e. The molecule has 7 nitrogen and oxygen atoms in total. The zero-order valence-electron chi connectivity index (χ0n) is 18.9. The van der Waals surface area contributed by atoms with Gasteiger partial charge in [-0.25, -0.2) is 4.79 Å². The number of carboxylic acid groups (broad SMARTS) is 1. The quantitative estimate of drug-likeness (QED) is 0.431. The van der Waals surface area contributed by atoms with E-state index in [0.717, 1.165) is 11.1 Å². The summed E-state index contributed by atoms with van der Waals surface area (Å²) in [4.78, 5) is 35.1. The zero-order valence-corrected chi connectivity index (χ0v) is 19.7. The number of amides is 2. The van der Waals surface area contributed by atoms with E-state index in [9.17, 15) is 14.4 Å². The predicted octanol–water partition coefficient (Wildman–Crippen LogP) is 3.87. The van der Waals surface area contributed by atoms with Crippen molar-refractivity contribution in [3.8, 4) is 11.1 Å². The molecule has 1 aliphatic rings. The molecular formula is C25H30N2O5S. The van der Waals surface area contributed by atoms with Crippen LogP contribution in [0, 0.1) is 5.92 Å². The molecule has 3 rings (SSSR count). The summed E-state index contributed by atoms with van der Waals surface area (Å²) < 4.78 is 5.49. The molecule has 0 aliphatic heterocycles. The third-order valence-corrected chi connectivity index (χ3v) is 6.60. The van der Waals surface area contributed by atoms with E-state index in [4.69, 9.17) is 9.84 Å². The molecule has 0 aromatic heterocycles. The lowest BCUT2D eigenvalue weighted by atomic mass is 9.98. The number of benzene rings is 2. The number of ether oxygens (including phenoxy) is 1. The smallest absolute Gasteiger partial charge is 0.407 e. The van der Waals surface area contributed by atoms with Gasteiger partial charge in [0.05, 0.1) is 12.2 Å². The van der Waals surface area contributed by atoms with Crippen molar-refractivity contribution in [2.45, 2.75) is 32.2 Å². The first-order chi connectivity index (χ1) is 15.9. The van der Waals surface area contributed by atoms with Crippen LogP contribution in [0.3, 0.4) is 0 Å². The van der Waals surface area contributed by atoms with Crippen LogP contribution in [0.25, 0.3) is 11.1 Å². The van der Waals surface area contributed by atoms with Crippen molar-refractivity contribution < 1.29 is 24.2 Å². The maximum atomic E-state index is 12.2. The molecule has 2 aromatic carbocycles. The number of thioether (sulfide) groups is 1. The van der Waals surface area contributed by atoms with Crippen molar-refractivity contribution in [2.24, 2.45) is 5.92 Å². The number of carbonyl (C=O) groups excluding carboxylic acids is 2. The number of alkyl carbamates (subject to hydrolysis) is 1. The van der Waals surface area contributed by atoms with E-state index in [-0.39, 0.29) is 36.5 Å². The predicted molar refractivity (Wildman–Crippen MR) is 129 cm³/mol. The van der Waals surface area contributed by atoms with E-state index in [0.29, 0.717) is 12.3 Å². The number of fused-ring (bicyclic) bond motifs is 3. The molecular weight excluding hydrogens is 440 g/mol. The Labute approximate surface area is 198 Å². The van der Waals surface area contributed by atoms with E-state index in [2.05, 4.69) is 34.9 Å². The van der Waals surface area contributed by atoms with Crippen LogP contribution in [0.2, 0.25) is 0 Å². The van der Waals surface area contributed by atoms with Gasteiger partial charge in [-0.3, -0.25) is 9.59 Å². The Morgan fingerprint density at radius 3 is 2.21 bits per heavy atom. The summed E-state index contributed by atoms with van der Waals surface area (Å²) in [5.74, 6) is -0.348. The Hall–Kier alpha value is -3.00. The minimum absolute atomic E-state index is 0.0147. The van der Waals surface area contributed by atoms with Crippen molar-refractivity contribution in [1.82, 2.24) is 10.6 Å². The highest BCUT2D eigenvalue weighted by molar-refractivity contribution is 7.99. The van der Waals surface area contributed by atoms with E-state index in [1.54, 1.807) is 0 Å². The van der Waals surface area contributed by atoms with Gasteiger partial charge in [0.25, 0.3) is 0 Å². The average molecular weight is 471 g/mol. The number of aliphatic carboxylic acids is 1. The summed E-state index contributed by atoms with van der Waals surface area (Å²) in [7, 11) is 0. The third kappa shape index (κ3) is 6.74. The van der Waals surface area contributed by atoms with Crippen LogP contribution in [0.1, 0.15) is 37.3 Å². The fourth-order valence-electron chi connectivity index (χ4n) is 3.93. The number of nitrogens with one attached hydrogen (secondary N) is 2. The van der Waals surface area contributed by atoms with Crippen LogP contribution in [-0.4, -0.2) is 53.8 Å². The second-order valence-corrected chi connectivity index (χ2v) is 9.43. The lowest BCUT2D eigenvalue weighted by Crippen LogP contribution is -2.41. The lowest BCUT2D eigenvalue weighted by molar-refractivity contribution is -0.138. The average Bonchev–Trinajstić information content (AvgIpc) is 3.10. The fourth-order valence-corrected chi connectivity index (χ4v) is 4.59. The molecule has 0 bridgehead atoms. The molecule has 0 saturated heterocycles. The van der Waals surface area contributed by atoms with Crippen molar-refractivity contribution in [2.75, 3.05) is 24.7 Å². The third-order valence-electron chi connectivity index (χ3n) is 5.64. The Kier molecular flexibility index (Phi) is 8.77. The van der Waals surface area contributed by atoms with Crippen LogP contribution in [0.5, 0.6) is 0 Å². The first-order valence-electron chi connectivity index (χ1n) is 11.0. The molecule has 1 aliphatic carbocycles. The minimum Gasteiger partial charge on any atom is -0.481 e. The van der Waals surface area contributed by atoms with Gasteiger partial charge in [0, 0.05) is 24.3 Å². The Morgan fingerprint density at radius 1 is 1.03 bits per heavy atom. The minimum atomic E-state index is -0.936. The van der Waals surface area contributed by atoms with E-state index < -0.39 is 18.1 Å².